The highest BCUT2D eigenvalue weighted by atomic mass is 32.2. The molecule has 1 aliphatic heterocycles. The van der Waals surface area contributed by atoms with Gasteiger partial charge in [0.25, 0.3) is 0 Å². The molecule has 2 heterocycles. The molecule has 0 amide bonds. The average molecular weight is 633 g/mol. The van der Waals surface area contributed by atoms with Gasteiger partial charge in [0, 0.05) is 49.4 Å². The van der Waals surface area contributed by atoms with Crippen molar-refractivity contribution in [3.8, 4) is 0 Å². The van der Waals surface area contributed by atoms with Crippen LogP contribution < -0.4 is 9.80 Å². The zero-order chi connectivity index (χ0) is 31.6. The van der Waals surface area contributed by atoms with Crippen LogP contribution >= 0.6 is 11.8 Å². The maximum atomic E-state index is 6.32. The Bertz CT molecular complexity index is 2680. The monoisotopic (exact) mass is 632 g/mol. The number of nitrogens with zero attached hydrogens (tertiary/aromatic N) is 2. The second-order valence-corrected chi connectivity index (χ2v) is 13.3. The van der Waals surface area contributed by atoms with E-state index < -0.39 is 0 Å². The number of rotatable bonds is 4. The third-order valence-corrected chi connectivity index (χ3v) is 10.5. The van der Waals surface area contributed by atoms with Crippen LogP contribution in [0.15, 0.2) is 184 Å². The maximum absolute atomic E-state index is 6.32. The van der Waals surface area contributed by atoms with E-state index in [4.69, 9.17) is 4.42 Å². The number of hydrogen-bond donors (Lipinski definition) is 0. The van der Waals surface area contributed by atoms with Gasteiger partial charge in [-0.05, 0) is 94.3 Å². The van der Waals surface area contributed by atoms with Crippen LogP contribution in [-0.4, -0.2) is 0 Å². The number of furan rings is 1. The SMILES string of the molecule is c1ccc(N(c2ccc3c(c2)Sc2ccccc2N3c2ccc3c(c2)oc2ccccc23)c2ccc3c(ccc4ccccc43)c2)cc1. The van der Waals surface area contributed by atoms with E-state index in [0.717, 1.165) is 50.4 Å². The minimum atomic E-state index is 0.891. The molecule has 0 unspecified atom stereocenters. The highest BCUT2D eigenvalue weighted by Gasteiger charge is 2.27. The van der Waals surface area contributed by atoms with Crippen molar-refractivity contribution in [1.29, 1.82) is 0 Å². The molecule has 0 saturated carbocycles. The van der Waals surface area contributed by atoms with Crippen molar-refractivity contribution < 1.29 is 4.42 Å². The summed E-state index contributed by atoms with van der Waals surface area (Å²) in [5, 5.41) is 7.29. The summed E-state index contributed by atoms with van der Waals surface area (Å²) in [4.78, 5) is 7.14. The lowest BCUT2D eigenvalue weighted by molar-refractivity contribution is 0.669. The molecule has 0 spiro atoms. The number of benzene rings is 8. The highest BCUT2D eigenvalue weighted by molar-refractivity contribution is 7.99. The molecule has 48 heavy (non-hydrogen) atoms. The van der Waals surface area contributed by atoms with Gasteiger partial charge in [0.1, 0.15) is 11.2 Å². The van der Waals surface area contributed by atoms with Crippen LogP contribution in [0, 0.1) is 0 Å². The zero-order valence-electron chi connectivity index (χ0n) is 25.9. The van der Waals surface area contributed by atoms with Gasteiger partial charge in [0.15, 0.2) is 0 Å². The molecule has 0 atom stereocenters. The molecule has 1 aliphatic rings. The molecule has 3 nitrogen and oxygen atoms in total. The molecule has 0 bridgehead atoms. The van der Waals surface area contributed by atoms with Crippen LogP contribution in [-0.2, 0) is 0 Å². The van der Waals surface area contributed by atoms with Gasteiger partial charge in [0.05, 0.1) is 11.4 Å². The molecule has 10 rings (SSSR count). The van der Waals surface area contributed by atoms with Gasteiger partial charge in [-0.25, -0.2) is 0 Å². The minimum absolute atomic E-state index is 0.891. The molecule has 4 heteroatoms. The van der Waals surface area contributed by atoms with E-state index >= 15 is 0 Å². The Labute approximate surface area is 282 Å². The molecular weight excluding hydrogens is 605 g/mol. The van der Waals surface area contributed by atoms with E-state index in [9.17, 15) is 0 Å². The fourth-order valence-electron chi connectivity index (χ4n) is 7.18. The van der Waals surface area contributed by atoms with Gasteiger partial charge in [-0.15, -0.1) is 0 Å². The number of fused-ring (bicyclic) bond motifs is 8. The first kappa shape index (κ1) is 27.2. The van der Waals surface area contributed by atoms with Crippen molar-refractivity contribution >= 4 is 89.4 Å². The van der Waals surface area contributed by atoms with Crippen LogP contribution in [0.2, 0.25) is 0 Å². The average Bonchev–Trinajstić information content (AvgIpc) is 3.52. The summed E-state index contributed by atoms with van der Waals surface area (Å²) in [5.41, 5.74) is 8.54. The Morgan fingerprint density at radius 1 is 0.417 bits per heavy atom. The second-order valence-electron chi connectivity index (χ2n) is 12.2. The zero-order valence-corrected chi connectivity index (χ0v) is 26.7. The Kier molecular flexibility index (Phi) is 6.11. The molecule has 9 aromatic rings. The smallest absolute Gasteiger partial charge is 0.137 e. The Morgan fingerprint density at radius 2 is 1.08 bits per heavy atom. The summed E-state index contributed by atoms with van der Waals surface area (Å²) in [6.07, 6.45) is 0. The first-order valence-corrected chi connectivity index (χ1v) is 17.0. The maximum Gasteiger partial charge on any atom is 0.137 e. The van der Waals surface area contributed by atoms with E-state index in [-0.39, 0.29) is 0 Å². The highest BCUT2D eigenvalue weighted by Crippen LogP contribution is 2.53. The standard InChI is InChI=1S/C44H28N2OS/c1-2-11-31(12-3-1)45(32-20-23-36-30(26-32)19-18-29-10-4-5-13-35(29)36)34-22-25-40-44(28-34)48-43-17-9-7-15-39(43)46(40)33-21-24-38-37-14-6-8-16-41(37)47-42(38)27-33/h1-28H. The molecule has 8 aromatic carbocycles. The van der Waals surface area contributed by atoms with Gasteiger partial charge in [-0.2, -0.15) is 0 Å². The lowest BCUT2D eigenvalue weighted by atomic mass is 10.0. The fraction of sp³-hybridized carbons (Fsp3) is 0. The van der Waals surface area contributed by atoms with E-state index in [2.05, 4.69) is 168 Å². The van der Waals surface area contributed by atoms with Gasteiger partial charge in [0.2, 0.25) is 0 Å². The van der Waals surface area contributed by atoms with E-state index in [1.165, 1.54) is 37.0 Å². The van der Waals surface area contributed by atoms with Gasteiger partial charge in [-0.3, -0.25) is 0 Å². The van der Waals surface area contributed by atoms with Crippen LogP contribution in [0.4, 0.5) is 34.1 Å². The summed E-state index contributed by atoms with van der Waals surface area (Å²) < 4.78 is 6.32. The van der Waals surface area contributed by atoms with Crippen molar-refractivity contribution in [3.63, 3.8) is 0 Å². The lowest BCUT2D eigenvalue weighted by Gasteiger charge is -2.34. The van der Waals surface area contributed by atoms with Gasteiger partial charge < -0.3 is 14.2 Å². The first-order chi connectivity index (χ1) is 23.8. The van der Waals surface area contributed by atoms with E-state index in [1.54, 1.807) is 0 Å². The fourth-order valence-corrected chi connectivity index (χ4v) is 8.27. The predicted molar refractivity (Wildman–Crippen MR) is 202 cm³/mol. The van der Waals surface area contributed by atoms with Crippen molar-refractivity contribution in [1.82, 2.24) is 0 Å². The van der Waals surface area contributed by atoms with Crippen LogP contribution in [0.25, 0.3) is 43.5 Å². The third-order valence-electron chi connectivity index (χ3n) is 9.39. The summed E-state index contributed by atoms with van der Waals surface area (Å²) >= 11 is 1.82. The molecule has 0 aliphatic carbocycles. The second kappa shape index (κ2) is 10.8. The van der Waals surface area contributed by atoms with Crippen molar-refractivity contribution in [2.45, 2.75) is 9.79 Å². The Hall–Kier alpha value is -5.97. The summed E-state index contributed by atoms with van der Waals surface area (Å²) in [7, 11) is 0. The Balaban J connectivity index is 1.12. The summed E-state index contributed by atoms with van der Waals surface area (Å²) in [5.74, 6) is 0. The number of hydrogen-bond acceptors (Lipinski definition) is 4. The van der Waals surface area contributed by atoms with Crippen LogP contribution in [0.1, 0.15) is 0 Å². The predicted octanol–water partition coefficient (Wildman–Crippen LogP) is 13.3. The minimum Gasteiger partial charge on any atom is -0.456 e. The molecule has 0 fully saturated rings. The largest absolute Gasteiger partial charge is 0.456 e. The Morgan fingerprint density at radius 3 is 2.02 bits per heavy atom. The summed E-state index contributed by atoms with van der Waals surface area (Å²) in [6, 6.07) is 60.9. The summed E-state index contributed by atoms with van der Waals surface area (Å²) in [6.45, 7) is 0. The molecular formula is C44H28N2OS. The molecule has 0 saturated heterocycles. The topological polar surface area (TPSA) is 19.6 Å². The van der Waals surface area contributed by atoms with Crippen molar-refractivity contribution in [2.75, 3.05) is 9.80 Å². The molecule has 0 N–H and O–H groups in total. The normalized spacial score (nSPS) is 12.5. The molecule has 1 aromatic heterocycles. The van der Waals surface area contributed by atoms with Crippen LogP contribution in [0.5, 0.6) is 0 Å². The molecule has 0 radical (unpaired) electrons. The molecule has 226 valence electrons. The van der Waals surface area contributed by atoms with Crippen molar-refractivity contribution in [2.24, 2.45) is 0 Å². The number of anilines is 6. The van der Waals surface area contributed by atoms with Gasteiger partial charge >= 0.3 is 0 Å². The first-order valence-electron chi connectivity index (χ1n) is 16.2. The third kappa shape index (κ3) is 4.30. The van der Waals surface area contributed by atoms with E-state index in [1.807, 2.05) is 23.9 Å². The van der Waals surface area contributed by atoms with Gasteiger partial charge in [-0.1, -0.05) is 103 Å². The van der Waals surface area contributed by atoms with Crippen molar-refractivity contribution in [3.05, 3.63) is 170 Å². The number of para-hydroxylation sites is 3. The lowest BCUT2D eigenvalue weighted by Crippen LogP contribution is -2.16. The van der Waals surface area contributed by atoms with Crippen LogP contribution in [0.3, 0.4) is 0 Å². The quantitative estimate of drug-likeness (QED) is 0.180. The van der Waals surface area contributed by atoms with E-state index in [0.29, 0.717) is 0 Å².